The van der Waals surface area contributed by atoms with Crippen molar-refractivity contribution >= 4 is 17.7 Å². The van der Waals surface area contributed by atoms with Gasteiger partial charge >= 0.3 is 0 Å². The van der Waals surface area contributed by atoms with Gasteiger partial charge in [0, 0.05) is 37.0 Å². The van der Waals surface area contributed by atoms with E-state index in [9.17, 15) is 9.59 Å². The third kappa shape index (κ3) is 3.00. The minimum absolute atomic E-state index is 0.0155. The summed E-state index contributed by atoms with van der Waals surface area (Å²) in [5.74, 6) is 0.953. The number of likely N-dealkylation sites (tertiary alicyclic amines) is 1. The predicted octanol–water partition coefficient (Wildman–Crippen LogP) is 1.86. The monoisotopic (exact) mass is 307 g/mol. The van der Waals surface area contributed by atoms with Crippen LogP contribution in [0.2, 0.25) is 0 Å². The molecular formula is C15H21N3O2S. The fraction of sp³-hybridized carbons (Fsp3) is 0.667. The standard InChI is InChI=1S/C15H21N3O2S/c1-2-11-8-14(20)18-12(10-21-15(18)16-11)9-13(19)17-6-4-3-5-7-17/h8,12H,2-7,9-10H2,1H3. The second-order valence-corrected chi connectivity index (χ2v) is 6.69. The van der Waals surface area contributed by atoms with Gasteiger partial charge in [-0.3, -0.25) is 14.2 Å². The van der Waals surface area contributed by atoms with Crippen LogP contribution in [0.3, 0.4) is 0 Å². The molecule has 0 aromatic carbocycles. The molecule has 1 amide bonds. The van der Waals surface area contributed by atoms with E-state index >= 15 is 0 Å². The maximum Gasteiger partial charge on any atom is 0.254 e. The molecule has 0 aliphatic carbocycles. The molecular weight excluding hydrogens is 286 g/mol. The maximum absolute atomic E-state index is 12.4. The Hall–Kier alpha value is -1.30. The fourth-order valence-corrected chi connectivity index (χ4v) is 4.17. The minimum atomic E-state index is -0.0367. The first-order valence-corrected chi connectivity index (χ1v) is 8.70. The van der Waals surface area contributed by atoms with Crippen molar-refractivity contribution in [3.8, 4) is 0 Å². The van der Waals surface area contributed by atoms with Gasteiger partial charge in [0.25, 0.3) is 5.56 Å². The third-order valence-electron chi connectivity index (χ3n) is 4.22. The zero-order chi connectivity index (χ0) is 14.8. The molecule has 0 spiro atoms. The number of aryl methyl sites for hydroxylation is 1. The number of carbonyl (C=O) groups excluding carboxylic acids is 1. The molecule has 5 nitrogen and oxygen atoms in total. The van der Waals surface area contributed by atoms with Gasteiger partial charge < -0.3 is 4.90 Å². The summed E-state index contributed by atoms with van der Waals surface area (Å²) in [5, 5.41) is 0.774. The first-order chi connectivity index (χ1) is 10.2. The second-order valence-electron chi connectivity index (χ2n) is 5.70. The molecule has 2 aliphatic rings. The Labute approximate surface area is 128 Å². The molecule has 1 aromatic rings. The van der Waals surface area contributed by atoms with Gasteiger partial charge in [-0.25, -0.2) is 4.98 Å². The number of thioether (sulfide) groups is 1. The van der Waals surface area contributed by atoms with Crippen LogP contribution >= 0.6 is 11.8 Å². The van der Waals surface area contributed by atoms with Crippen molar-refractivity contribution in [3.63, 3.8) is 0 Å². The molecule has 21 heavy (non-hydrogen) atoms. The van der Waals surface area contributed by atoms with Crippen LogP contribution < -0.4 is 5.56 Å². The molecule has 0 saturated carbocycles. The Morgan fingerprint density at radius 1 is 1.38 bits per heavy atom. The van der Waals surface area contributed by atoms with Gasteiger partial charge in [-0.2, -0.15) is 0 Å². The summed E-state index contributed by atoms with van der Waals surface area (Å²) >= 11 is 1.59. The molecule has 0 radical (unpaired) electrons. The lowest BCUT2D eigenvalue weighted by molar-refractivity contribution is -0.132. The average molecular weight is 307 g/mol. The number of amides is 1. The lowest BCUT2D eigenvalue weighted by atomic mass is 10.1. The van der Waals surface area contributed by atoms with Gasteiger partial charge in [0.15, 0.2) is 5.16 Å². The second kappa shape index (κ2) is 6.22. The summed E-state index contributed by atoms with van der Waals surface area (Å²) in [5.41, 5.74) is 0.819. The van der Waals surface area contributed by atoms with E-state index in [-0.39, 0.29) is 17.5 Å². The van der Waals surface area contributed by atoms with Crippen LogP contribution in [0.25, 0.3) is 0 Å². The maximum atomic E-state index is 12.4. The van der Waals surface area contributed by atoms with Crippen LogP contribution in [0, 0.1) is 0 Å². The Kier molecular flexibility index (Phi) is 4.33. The van der Waals surface area contributed by atoms with Crippen molar-refractivity contribution < 1.29 is 4.79 Å². The van der Waals surface area contributed by atoms with E-state index in [0.717, 1.165) is 49.0 Å². The number of piperidine rings is 1. The van der Waals surface area contributed by atoms with E-state index in [1.54, 1.807) is 22.4 Å². The van der Waals surface area contributed by atoms with E-state index < -0.39 is 0 Å². The molecule has 1 fully saturated rings. The van der Waals surface area contributed by atoms with Crippen molar-refractivity contribution in [2.45, 2.75) is 50.2 Å². The largest absolute Gasteiger partial charge is 0.343 e. The molecule has 6 heteroatoms. The quantitative estimate of drug-likeness (QED) is 0.800. The zero-order valence-electron chi connectivity index (χ0n) is 12.4. The Morgan fingerprint density at radius 2 is 2.14 bits per heavy atom. The number of carbonyl (C=O) groups is 1. The topological polar surface area (TPSA) is 55.2 Å². The van der Waals surface area contributed by atoms with Gasteiger partial charge in [0.2, 0.25) is 5.91 Å². The molecule has 0 N–H and O–H groups in total. The first-order valence-electron chi connectivity index (χ1n) is 7.72. The number of nitrogens with zero attached hydrogens (tertiary/aromatic N) is 3. The molecule has 1 saturated heterocycles. The van der Waals surface area contributed by atoms with Crippen molar-refractivity contribution in [1.82, 2.24) is 14.5 Å². The Morgan fingerprint density at radius 3 is 2.86 bits per heavy atom. The molecule has 1 atom stereocenters. The van der Waals surface area contributed by atoms with Crippen LogP contribution in [0.5, 0.6) is 0 Å². The molecule has 114 valence electrons. The van der Waals surface area contributed by atoms with Crippen molar-refractivity contribution in [2.75, 3.05) is 18.8 Å². The molecule has 1 unspecified atom stereocenters. The van der Waals surface area contributed by atoms with Gasteiger partial charge in [-0.05, 0) is 25.7 Å². The summed E-state index contributed by atoms with van der Waals surface area (Å²) < 4.78 is 1.71. The highest BCUT2D eigenvalue weighted by atomic mass is 32.2. The van der Waals surface area contributed by atoms with Crippen LogP contribution in [0.15, 0.2) is 16.0 Å². The van der Waals surface area contributed by atoms with E-state index in [0.29, 0.717) is 6.42 Å². The predicted molar refractivity (Wildman–Crippen MR) is 82.7 cm³/mol. The summed E-state index contributed by atoms with van der Waals surface area (Å²) in [6.07, 6.45) is 4.61. The highest BCUT2D eigenvalue weighted by Gasteiger charge is 2.29. The molecule has 3 heterocycles. The van der Waals surface area contributed by atoms with Crippen LogP contribution in [-0.2, 0) is 11.2 Å². The summed E-state index contributed by atoms with van der Waals surface area (Å²) in [4.78, 5) is 31.1. The lowest BCUT2D eigenvalue weighted by Gasteiger charge is -2.28. The lowest BCUT2D eigenvalue weighted by Crippen LogP contribution is -2.37. The van der Waals surface area contributed by atoms with Crippen LogP contribution in [0.4, 0.5) is 0 Å². The summed E-state index contributed by atoms with van der Waals surface area (Å²) in [7, 11) is 0. The Balaban J connectivity index is 1.75. The Bertz CT molecular complexity index is 593. The van der Waals surface area contributed by atoms with E-state index in [1.807, 2.05) is 11.8 Å². The molecule has 3 rings (SSSR count). The van der Waals surface area contributed by atoms with Crippen LogP contribution in [-0.4, -0.2) is 39.2 Å². The van der Waals surface area contributed by atoms with E-state index in [1.165, 1.54) is 6.42 Å². The van der Waals surface area contributed by atoms with Gasteiger partial charge in [0.1, 0.15) is 0 Å². The number of fused-ring (bicyclic) bond motifs is 1. The van der Waals surface area contributed by atoms with Crippen molar-refractivity contribution in [2.24, 2.45) is 0 Å². The van der Waals surface area contributed by atoms with Crippen LogP contribution in [0.1, 0.15) is 44.3 Å². The first kappa shape index (κ1) is 14.6. The van der Waals surface area contributed by atoms with Crippen molar-refractivity contribution in [3.05, 3.63) is 22.1 Å². The van der Waals surface area contributed by atoms with Crippen molar-refractivity contribution in [1.29, 1.82) is 0 Å². The zero-order valence-corrected chi connectivity index (χ0v) is 13.2. The highest BCUT2D eigenvalue weighted by Crippen LogP contribution is 2.32. The molecule has 2 aliphatic heterocycles. The summed E-state index contributed by atoms with van der Waals surface area (Å²) in [6, 6.07) is 1.57. The highest BCUT2D eigenvalue weighted by molar-refractivity contribution is 7.99. The van der Waals surface area contributed by atoms with Gasteiger partial charge in [-0.1, -0.05) is 18.7 Å². The number of hydrogen-bond donors (Lipinski definition) is 0. The molecule has 0 bridgehead atoms. The minimum Gasteiger partial charge on any atom is -0.343 e. The smallest absolute Gasteiger partial charge is 0.254 e. The van der Waals surface area contributed by atoms with Gasteiger partial charge in [0.05, 0.1) is 6.04 Å². The molecule has 1 aromatic heterocycles. The normalized spacial score (nSPS) is 21.4. The fourth-order valence-electron chi connectivity index (χ4n) is 3.00. The number of rotatable bonds is 3. The third-order valence-corrected chi connectivity index (χ3v) is 5.32. The SMILES string of the molecule is CCc1cc(=O)n2c(n1)SCC2CC(=O)N1CCCCC1. The van der Waals surface area contributed by atoms with E-state index in [2.05, 4.69) is 4.98 Å². The number of aromatic nitrogens is 2. The van der Waals surface area contributed by atoms with E-state index in [4.69, 9.17) is 0 Å². The average Bonchev–Trinajstić information content (AvgIpc) is 2.91. The summed E-state index contributed by atoms with van der Waals surface area (Å²) in [6.45, 7) is 3.73. The van der Waals surface area contributed by atoms with Gasteiger partial charge in [-0.15, -0.1) is 0 Å². The number of hydrogen-bond acceptors (Lipinski definition) is 4.